The summed E-state index contributed by atoms with van der Waals surface area (Å²) in [5.41, 5.74) is 6.14. The number of ether oxygens (including phenoxy) is 2. The van der Waals surface area contributed by atoms with Gasteiger partial charge in [0.1, 0.15) is 5.75 Å². The van der Waals surface area contributed by atoms with Gasteiger partial charge in [0.2, 0.25) is 5.91 Å². The first kappa shape index (κ1) is 31.1. The molecule has 0 aromatic heterocycles. The van der Waals surface area contributed by atoms with Crippen molar-refractivity contribution in [2.75, 3.05) is 26.7 Å². The molecule has 1 saturated carbocycles. The average Bonchev–Trinajstić information content (AvgIpc) is 3.33. The predicted molar refractivity (Wildman–Crippen MR) is 157 cm³/mol. The third-order valence-corrected chi connectivity index (χ3v) is 8.82. The van der Waals surface area contributed by atoms with Gasteiger partial charge < -0.3 is 35.6 Å². The Kier molecular flexibility index (Phi) is 10.5. The molecule has 9 nitrogen and oxygen atoms in total. The molecule has 1 aliphatic heterocycles. The van der Waals surface area contributed by atoms with E-state index in [1.54, 1.807) is 17.0 Å². The lowest BCUT2D eigenvalue weighted by atomic mass is 9.73. The van der Waals surface area contributed by atoms with Gasteiger partial charge in [0.05, 0.1) is 23.8 Å². The van der Waals surface area contributed by atoms with Gasteiger partial charge in [-0.2, -0.15) is 0 Å². The Balaban J connectivity index is 1.66. The van der Waals surface area contributed by atoms with E-state index >= 15 is 0 Å². The zero-order valence-corrected chi connectivity index (χ0v) is 24.6. The quantitative estimate of drug-likeness (QED) is 0.303. The number of carbonyl (C=O) groups excluding carboxylic acids is 2. The van der Waals surface area contributed by atoms with E-state index in [0.29, 0.717) is 73.8 Å². The number of hydrogen-bond donors (Lipinski definition) is 4. The highest BCUT2D eigenvalue weighted by molar-refractivity contribution is 6.32. The van der Waals surface area contributed by atoms with Crippen molar-refractivity contribution >= 4 is 23.6 Å². The summed E-state index contributed by atoms with van der Waals surface area (Å²) in [6, 6.07) is 12.7. The van der Waals surface area contributed by atoms with Crippen molar-refractivity contribution in [1.82, 2.24) is 10.2 Å². The topological polar surface area (TPSA) is 134 Å². The monoisotopic (exact) mass is 587 g/mol. The van der Waals surface area contributed by atoms with Crippen LogP contribution in [0.2, 0.25) is 5.02 Å². The Labute approximate surface area is 247 Å². The first-order valence-electron chi connectivity index (χ1n) is 14.5. The van der Waals surface area contributed by atoms with Crippen molar-refractivity contribution in [3.8, 4) is 11.5 Å². The van der Waals surface area contributed by atoms with E-state index in [4.69, 9.17) is 22.1 Å². The molecule has 2 aromatic carbocycles. The summed E-state index contributed by atoms with van der Waals surface area (Å²) in [5, 5.41) is 25.8. The Hall–Kier alpha value is -2.85. The molecule has 1 unspecified atom stereocenters. The maximum atomic E-state index is 13.5. The molecule has 2 fully saturated rings. The van der Waals surface area contributed by atoms with Gasteiger partial charge in [0.25, 0.3) is 0 Å². The fourth-order valence-electron chi connectivity index (χ4n) is 6.21. The molecule has 2 aliphatic rings. The number of likely N-dealkylation sites (tertiary alicyclic amines) is 1. The standard InChI is InChI=1S/C31H42ClN3O6/c1-3-20-9-4-5-13-27(20)41-28-23(11-6-12-24(28)32)31(39,14-8-15-34-30(38)40-2)22-10-7-16-35(19-22)29(37)21-17-25(33)26(36)18-21/h4-6,9,11-13,21-22,25-26,36,39H,3,7-8,10,14-19,33H2,1-2H3,(H,34,38)/t21-,22+,25?,26-,31-/m0/s1. The number of aliphatic hydroxyl groups is 2. The van der Waals surface area contributed by atoms with Gasteiger partial charge in [0, 0.05) is 43.1 Å². The lowest BCUT2D eigenvalue weighted by Gasteiger charge is -2.44. The SMILES string of the molecule is CCc1ccccc1Oc1c(Cl)cccc1[C@](O)(CCCNC(=O)OC)[C@@H]1CCCN(C(=O)[C@H]2CC(N)[C@@H](O)C2)C1. The second kappa shape index (κ2) is 13.9. The zero-order valence-electron chi connectivity index (χ0n) is 23.9. The van der Waals surface area contributed by atoms with Crippen molar-refractivity contribution in [2.24, 2.45) is 17.6 Å². The first-order chi connectivity index (χ1) is 19.7. The van der Waals surface area contributed by atoms with Gasteiger partial charge in [-0.3, -0.25) is 4.79 Å². The molecule has 2 amide bonds. The number of amides is 2. The van der Waals surface area contributed by atoms with Crippen LogP contribution < -0.4 is 15.8 Å². The Morgan fingerprint density at radius 3 is 2.68 bits per heavy atom. The van der Waals surface area contributed by atoms with Crippen molar-refractivity contribution in [1.29, 1.82) is 0 Å². The van der Waals surface area contributed by atoms with Crippen molar-refractivity contribution < 1.29 is 29.3 Å². The van der Waals surface area contributed by atoms with Crippen molar-refractivity contribution in [3.05, 3.63) is 58.6 Å². The number of hydrogen-bond acceptors (Lipinski definition) is 7. The molecule has 0 spiro atoms. The molecule has 4 rings (SSSR count). The molecule has 1 saturated heterocycles. The van der Waals surface area contributed by atoms with Crippen LogP contribution in [-0.4, -0.2) is 66.0 Å². The molecular formula is C31H42ClN3O6. The number of para-hydroxylation sites is 2. The Morgan fingerprint density at radius 1 is 1.20 bits per heavy atom. The molecule has 1 aliphatic carbocycles. The van der Waals surface area contributed by atoms with Crippen LogP contribution in [0.25, 0.3) is 0 Å². The zero-order chi connectivity index (χ0) is 29.6. The molecule has 0 radical (unpaired) electrons. The van der Waals surface area contributed by atoms with Gasteiger partial charge in [-0.05, 0) is 62.6 Å². The molecule has 10 heteroatoms. The van der Waals surface area contributed by atoms with Crippen LogP contribution in [0.5, 0.6) is 11.5 Å². The van der Waals surface area contributed by atoms with Gasteiger partial charge in [-0.1, -0.05) is 48.9 Å². The van der Waals surface area contributed by atoms with Crippen LogP contribution in [0.1, 0.15) is 56.6 Å². The summed E-state index contributed by atoms with van der Waals surface area (Å²) in [6.07, 6.45) is 2.51. The molecular weight excluding hydrogens is 546 g/mol. The van der Waals surface area contributed by atoms with Crippen LogP contribution in [0, 0.1) is 11.8 Å². The highest BCUT2D eigenvalue weighted by atomic mass is 35.5. The number of benzene rings is 2. The minimum atomic E-state index is -1.41. The molecule has 5 N–H and O–H groups in total. The largest absolute Gasteiger partial charge is 0.455 e. The van der Waals surface area contributed by atoms with E-state index in [0.717, 1.165) is 18.4 Å². The highest BCUT2D eigenvalue weighted by Crippen LogP contribution is 2.47. The number of nitrogens with two attached hydrogens (primary N) is 1. The summed E-state index contributed by atoms with van der Waals surface area (Å²) in [7, 11) is 1.30. The minimum Gasteiger partial charge on any atom is -0.455 e. The average molecular weight is 588 g/mol. The number of carbonyl (C=O) groups is 2. The fraction of sp³-hybridized carbons (Fsp3) is 0.548. The Bertz CT molecular complexity index is 1200. The maximum Gasteiger partial charge on any atom is 0.406 e. The lowest BCUT2D eigenvalue weighted by Crippen LogP contribution is -2.49. The van der Waals surface area contributed by atoms with Gasteiger partial charge in [-0.25, -0.2) is 4.79 Å². The number of aliphatic hydroxyl groups excluding tert-OH is 1. The predicted octanol–water partition coefficient (Wildman–Crippen LogP) is 4.36. The number of aryl methyl sites for hydroxylation is 1. The summed E-state index contributed by atoms with van der Waals surface area (Å²) in [5.74, 6) is 0.366. The number of piperidine rings is 1. The van der Waals surface area contributed by atoms with Crippen LogP contribution in [0.3, 0.4) is 0 Å². The van der Waals surface area contributed by atoms with Crippen LogP contribution in [-0.2, 0) is 21.6 Å². The van der Waals surface area contributed by atoms with Crippen LogP contribution in [0.15, 0.2) is 42.5 Å². The molecule has 2 aromatic rings. The number of nitrogens with zero attached hydrogens (tertiary/aromatic N) is 1. The number of halogens is 1. The van der Waals surface area contributed by atoms with E-state index in [9.17, 15) is 19.8 Å². The molecule has 41 heavy (non-hydrogen) atoms. The summed E-state index contributed by atoms with van der Waals surface area (Å²) in [4.78, 5) is 26.9. The van der Waals surface area contributed by atoms with E-state index in [1.807, 2.05) is 37.3 Å². The van der Waals surface area contributed by atoms with Gasteiger partial charge >= 0.3 is 6.09 Å². The van der Waals surface area contributed by atoms with Gasteiger partial charge in [-0.15, -0.1) is 0 Å². The number of rotatable bonds is 10. The number of nitrogens with one attached hydrogen (secondary N) is 1. The Morgan fingerprint density at radius 2 is 1.98 bits per heavy atom. The number of methoxy groups -OCH3 is 1. The number of alkyl carbamates (subject to hydrolysis) is 1. The lowest BCUT2D eigenvalue weighted by molar-refractivity contribution is -0.141. The van der Waals surface area contributed by atoms with E-state index in [-0.39, 0.29) is 17.7 Å². The molecule has 1 heterocycles. The minimum absolute atomic E-state index is 0.0316. The van der Waals surface area contributed by atoms with Crippen molar-refractivity contribution in [2.45, 2.75) is 69.6 Å². The van der Waals surface area contributed by atoms with Gasteiger partial charge in [0.15, 0.2) is 5.75 Å². The smallest absolute Gasteiger partial charge is 0.406 e. The normalized spacial score (nSPS) is 24.0. The highest BCUT2D eigenvalue weighted by Gasteiger charge is 2.45. The second-order valence-electron chi connectivity index (χ2n) is 11.1. The summed E-state index contributed by atoms with van der Waals surface area (Å²) < 4.78 is 11.1. The second-order valence-corrected chi connectivity index (χ2v) is 11.6. The third-order valence-electron chi connectivity index (χ3n) is 8.52. The molecule has 0 bridgehead atoms. The maximum absolute atomic E-state index is 13.5. The molecule has 5 atom stereocenters. The molecule has 224 valence electrons. The van der Waals surface area contributed by atoms with E-state index in [1.165, 1.54) is 7.11 Å². The van der Waals surface area contributed by atoms with E-state index in [2.05, 4.69) is 10.1 Å². The van der Waals surface area contributed by atoms with Crippen molar-refractivity contribution in [3.63, 3.8) is 0 Å². The summed E-state index contributed by atoms with van der Waals surface area (Å²) >= 11 is 6.72. The first-order valence-corrected chi connectivity index (χ1v) is 14.9. The van der Waals surface area contributed by atoms with Crippen LogP contribution >= 0.6 is 11.6 Å². The fourth-order valence-corrected chi connectivity index (χ4v) is 6.43. The van der Waals surface area contributed by atoms with E-state index < -0.39 is 23.8 Å². The summed E-state index contributed by atoms with van der Waals surface area (Å²) in [6.45, 7) is 3.28. The van der Waals surface area contributed by atoms with Crippen LogP contribution in [0.4, 0.5) is 4.79 Å². The third kappa shape index (κ3) is 7.15.